The zero-order valence-corrected chi connectivity index (χ0v) is 16.5. The van der Waals surface area contributed by atoms with E-state index in [4.69, 9.17) is 5.73 Å². The highest BCUT2D eigenvalue weighted by molar-refractivity contribution is 5.96. The number of aryl methyl sites for hydroxylation is 1. The number of benzene rings is 2. The number of nitrogens with two attached hydrogens (primary N) is 1. The van der Waals surface area contributed by atoms with Gasteiger partial charge in [-0.3, -0.25) is 9.69 Å². The molecule has 0 radical (unpaired) electrons. The Hall–Kier alpha value is -2.33. The van der Waals surface area contributed by atoms with Gasteiger partial charge in [-0.2, -0.15) is 0 Å². The number of rotatable bonds is 6. The molecule has 0 saturated heterocycles. The largest absolute Gasteiger partial charge is 0.399 e. The third-order valence-electron chi connectivity index (χ3n) is 5.68. The number of nitrogens with zero attached hydrogens (tertiary/aromatic N) is 1. The van der Waals surface area contributed by atoms with Gasteiger partial charge >= 0.3 is 0 Å². The molecule has 1 amide bonds. The van der Waals surface area contributed by atoms with E-state index in [1.54, 1.807) is 6.07 Å². The van der Waals surface area contributed by atoms with Crippen LogP contribution in [0.25, 0.3) is 0 Å². The van der Waals surface area contributed by atoms with E-state index in [2.05, 4.69) is 35.5 Å². The van der Waals surface area contributed by atoms with Gasteiger partial charge in [0, 0.05) is 30.4 Å². The number of nitrogen functional groups attached to an aromatic ring is 1. The Morgan fingerprint density at radius 3 is 2.56 bits per heavy atom. The predicted molar refractivity (Wildman–Crippen MR) is 112 cm³/mol. The van der Waals surface area contributed by atoms with Crippen LogP contribution in [-0.2, 0) is 13.1 Å². The zero-order valence-electron chi connectivity index (χ0n) is 16.5. The first kappa shape index (κ1) is 19.4. The zero-order chi connectivity index (χ0) is 19.2. The Balaban J connectivity index is 1.65. The fourth-order valence-electron chi connectivity index (χ4n) is 3.96. The average Bonchev–Trinajstić information content (AvgIpc) is 2.69. The second-order valence-electron chi connectivity index (χ2n) is 7.73. The molecule has 0 spiro atoms. The van der Waals surface area contributed by atoms with E-state index < -0.39 is 0 Å². The van der Waals surface area contributed by atoms with Gasteiger partial charge in [-0.05, 0) is 55.6 Å². The maximum absolute atomic E-state index is 12.6. The van der Waals surface area contributed by atoms with Crippen LogP contribution in [0.3, 0.4) is 0 Å². The number of hydrogen-bond donors (Lipinski definition) is 2. The molecule has 3 N–H and O–H groups in total. The number of nitrogens with one attached hydrogen (secondary N) is 1. The smallest absolute Gasteiger partial charge is 0.251 e. The van der Waals surface area contributed by atoms with Crippen molar-refractivity contribution in [2.24, 2.45) is 0 Å². The maximum atomic E-state index is 12.6. The Morgan fingerprint density at radius 1 is 1.11 bits per heavy atom. The van der Waals surface area contributed by atoms with E-state index in [0.29, 0.717) is 23.8 Å². The van der Waals surface area contributed by atoms with Crippen LogP contribution < -0.4 is 11.1 Å². The fraction of sp³-hybridized carbons (Fsp3) is 0.435. The molecule has 2 aromatic carbocycles. The van der Waals surface area contributed by atoms with Crippen molar-refractivity contribution in [2.75, 3.05) is 12.8 Å². The molecule has 0 bridgehead atoms. The molecule has 1 aliphatic rings. The number of carbonyl (C=O) groups is 1. The van der Waals surface area contributed by atoms with Crippen LogP contribution in [0.5, 0.6) is 0 Å². The van der Waals surface area contributed by atoms with Crippen molar-refractivity contribution in [3.8, 4) is 0 Å². The van der Waals surface area contributed by atoms with E-state index in [9.17, 15) is 4.79 Å². The van der Waals surface area contributed by atoms with Crippen LogP contribution >= 0.6 is 0 Å². The lowest BCUT2D eigenvalue weighted by Crippen LogP contribution is -2.33. The van der Waals surface area contributed by atoms with Crippen molar-refractivity contribution in [3.05, 3.63) is 64.7 Å². The third kappa shape index (κ3) is 5.10. The summed E-state index contributed by atoms with van der Waals surface area (Å²) in [5, 5.41) is 3.06. The second-order valence-corrected chi connectivity index (χ2v) is 7.73. The minimum atomic E-state index is -0.0739. The van der Waals surface area contributed by atoms with Crippen LogP contribution in [0.1, 0.15) is 59.2 Å². The molecule has 3 rings (SSSR count). The van der Waals surface area contributed by atoms with Crippen molar-refractivity contribution in [1.82, 2.24) is 10.2 Å². The number of anilines is 1. The molecule has 27 heavy (non-hydrogen) atoms. The van der Waals surface area contributed by atoms with E-state index in [1.807, 2.05) is 25.1 Å². The molecule has 1 saturated carbocycles. The lowest BCUT2D eigenvalue weighted by atomic mass is 9.94. The van der Waals surface area contributed by atoms with Crippen molar-refractivity contribution in [2.45, 2.75) is 58.2 Å². The minimum absolute atomic E-state index is 0.0739. The van der Waals surface area contributed by atoms with Crippen LogP contribution in [0.2, 0.25) is 0 Å². The van der Waals surface area contributed by atoms with Gasteiger partial charge in [-0.15, -0.1) is 0 Å². The first-order valence-electron chi connectivity index (χ1n) is 9.96. The highest BCUT2D eigenvalue weighted by atomic mass is 16.1. The highest BCUT2D eigenvalue weighted by Crippen LogP contribution is 2.23. The quantitative estimate of drug-likeness (QED) is 0.752. The molecule has 1 aliphatic carbocycles. The van der Waals surface area contributed by atoms with Gasteiger partial charge in [0.1, 0.15) is 0 Å². The van der Waals surface area contributed by atoms with Gasteiger partial charge in [0.05, 0.1) is 0 Å². The standard InChI is InChI=1S/C23H31N3O/c1-17-12-13-20(24)14-22(17)23(27)25-15-18-8-6-7-9-19(18)16-26(2)21-10-4-3-5-11-21/h6-9,12-14,21H,3-5,10-11,15-16,24H2,1-2H3,(H,25,27). The maximum Gasteiger partial charge on any atom is 0.251 e. The van der Waals surface area contributed by atoms with Gasteiger partial charge in [-0.1, -0.05) is 49.6 Å². The monoisotopic (exact) mass is 365 g/mol. The molecule has 144 valence electrons. The first-order chi connectivity index (χ1) is 13.0. The topological polar surface area (TPSA) is 58.4 Å². The Morgan fingerprint density at radius 2 is 1.81 bits per heavy atom. The lowest BCUT2D eigenvalue weighted by molar-refractivity contribution is 0.0950. The Bertz CT molecular complexity index is 781. The van der Waals surface area contributed by atoms with Gasteiger partial charge in [0.2, 0.25) is 0 Å². The normalized spacial score (nSPS) is 15.1. The van der Waals surface area contributed by atoms with Crippen LogP contribution in [0, 0.1) is 6.92 Å². The van der Waals surface area contributed by atoms with E-state index in [1.165, 1.54) is 43.2 Å². The fourth-order valence-corrected chi connectivity index (χ4v) is 3.96. The summed E-state index contributed by atoms with van der Waals surface area (Å²) in [6, 6.07) is 14.5. The summed E-state index contributed by atoms with van der Waals surface area (Å²) in [4.78, 5) is 15.1. The lowest BCUT2D eigenvalue weighted by Gasteiger charge is -2.31. The van der Waals surface area contributed by atoms with Gasteiger partial charge in [0.25, 0.3) is 5.91 Å². The number of carbonyl (C=O) groups excluding carboxylic acids is 1. The van der Waals surface area contributed by atoms with Crippen molar-refractivity contribution < 1.29 is 4.79 Å². The Labute approximate surface area is 162 Å². The molecule has 0 unspecified atom stereocenters. The van der Waals surface area contributed by atoms with Crippen LogP contribution in [-0.4, -0.2) is 23.9 Å². The van der Waals surface area contributed by atoms with Crippen molar-refractivity contribution in [1.29, 1.82) is 0 Å². The molecule has 0 aliphatic heterocycles. The molecule has 1 fully saturated rings. The molecule has 4 nitrogen and oxygen atoms in total. The summed E-state index contributed by atoms with van der Waals surface area (Å²) in [6.45, 7) is 3.39. The molecule has 0 atom stereocenters. The minimum Gasteiger partial charge on any atom is -0.399 e. The summed E-state index contributed by atoms with van der Waals surface area (Å²) in [5.74, 6) is -0.0739. The highest BCUT2D eigenvalue weighted by Gasteiger charge is 2.19. The van der Waals surface area contributed by atoms with E-state index in [0.717, 1.165) is 12.1 Å². The molecular weight excluding hydrogens is 334 g/mol. The molecular formula is C23H31N3O. The van der Waals surface area contributed by atoms with E-state index in [-0.39, 0.29) is 5.91 Å². The molecule has 0 aromatic heterocycles. The van der Waals surface area contributed by atoms with Crippen LogP contribution in [0.4, 0.5) is 5.69 Å². The summed E-state index contributed by atoms with van der Waals surface area (Å²) >= 11 is 0. The van der Waals surface area contributed by atoms with Gasteiger partial charge in [-0.25, -0.2) is 0 Å². The van der Waals surface area contributed by atoms with E-state index >= 15 is 0 Å². The molecule has 2 aromatic rings. The Kier molecular flexibility index (Phi) is 6.51. The summed E-state index contributed by atoms with van der Waals surface area (Å²) in [5.41, 5.74) is 10.5. The van der Waals surface area contributed by atoms with Gasteiger partial charge in [0.15, 0.2) is 0 Å². The molecule has 4 heteroatoms. The van der Waals surface area contributed by atoms with Crippen molar-refractivity contribution >= 4 is 11.6 Å². The predicted octanol–water partition coefficient (Wildman–Crippen LogP) is 4.27. The average molecular weight is 366 g/mol. The van der Waals surface area contributed by atoms with Gasteiger partial charge < -0.3 is 11.1 Å². The summed E-state index contributed by atoms with van der Waals surface area (Å²) in [7, 11) is 2.22. The number of hydrogen-bond acceptors (Lipinski definition) is 3. The van der Waals surface area contributed by atoms with Crippen molar-refractivity contribution in [3.63, 3.8) is 0 Å². The summed E-state index contributed by atoms with van der Waals surface area (Å²) < 4.78 is 0. The third-order valence-corrected chi connectivity index (χ3v) is 5.68. The number of amides is 1. The SMILES string of the molecule is Cc1ccc(N)cc1C(=O)NCc1ccccc1CN(C)C1CCCCC1. The summed E-state index contributed by atoms with van der Waals surface area (Å²) in [6.07, 6.45) is 6.64. The second kappa shape index (κ2) is 9.05. The molecule has 0 heterocycles. The first-order valence-corrected chi connectivity index (χ1v) is 9.96. The van der Waals surface area contributed by atoms with Crippen LogP contribution in [0.15, 0.2) is 42.5 Å².